The van der Waals surface area contributed by atoms with E-state index in [1.807, 2.05) is 4.90 Å². The number of hydrogen-bond donors (Lipinski definition) is 3. The third kappa shape index (κ3) is 18.9. The summed E-state index contributed by atoms with van der Waals surface area (Å²) in [5.41, 5.74) is 0. The predicted octanol–water partition coefficient (Wildman–Crippen LogP) is 5.24. The molecular weight excluding hydrogens is 338 g/mol. The van der Waals surface area contributed by atoms with Crippen molar-refractivity contribution in [1.29, 1.82) is 0 Å². The van der Waals surface area contributed by atoms with Crippen LogP contribution in [-0.2, 0) is 0 Å². The Labute approximate surface area is 169 Å². The number of hydrogen-bond acceptors (Lipinski definition) is 4. The summed E-state index contributed by atoms with van der Waals surface area (Å²) in [4.78, 5) is 1.84. The first kappa shape index (κ1) is 26.8. The van der Waals surface area contributed by atoms with Crippen LogP contribution >= 0.6 is 0 Å². The summed E-state index contributed by atoms with van der Waals surface area (Å²) in [7, 11) is 0. The quantitative estimate of drug-likeness (QED) is 0.186. The van der Waals surface area contributed by atoms with Crippen molar-refractivity contribution in [3.8, 4) is 0 Å². The van der Waals surface area contributed by atoms with Gasteiger partial charge >= 0.3 is 0 Å². The van der Waals surface area contributed by atoms with Gasteiger partial charge < -0.3 is 15.3 Å². The van der Waals surface area contributed by atoms with Crippen LogP contribution in [0.25, 0.3) is 0 Å². The lowest BCUT2D eigenvalue weighted by Gasteiger charge is -2.27. The van der Waals surface area contributed by atoms with Crippen LogP contribution in [0.3, 0.4) is 0 Å². The van der Waals surface area contributed by atoms with E-state index in [2.05, 4.69) is 6.92 Å². The Balaban J connectivity index is 3.30. The largest absolute Gasteiger partial charge is 0.394 e. The van der Waals surface area contributed by atoms with E-state index in [1.165, 1.54) is 96.3 Å². The van der Waals surface area contributed by atoms with Gasteiger partial charge in [-0.05, 0) is 13.3 Å². The zero-order valence-electron chi connectivity index (χ0n) is 18.4. The molecular formula is C23H49NO3. The standard InChI is InChI=1S/C23H49NO3/c1-3-4-5-6-7-8-9-10-11-12-13-14-15-16-17-18-19-24(22(2)26)20-23(27)21-25/h22-23,25-27H,3-21H2,1-2H3. The first-order valence-electron chi connectivity index (χ1n) is 11.8. The van der Waals surface area contributed by atoms with Gasteiger partial charge in [0.1, 0.15) is 6.23 Å². The van der Waals surface area contributed by atoms with Crippen LogP contribution in [-0.4, -0.2) is 52.2 Å². The van der Waals surface area contributed by atoms with Crippen LogP contribution in [0.1, 0.15) is 117 Å². The molecule has 164 valence electrons. The lowest BCUT2D eigenvalue weighted by molar-refractivity contribution is -0.0236. The molecule has 0 spiro atoms. The Hall–Kier alpha value is -0.160. The number of aliphatic hydroxyl groups excluding tert-OH is 3. The molecule has 0 radical (unpaired) electrons. The Morgan fingerprint density at radius 1 is 0.630 bits per heavy atom. The SMILES string of the molecule is CCCCCCCCCCCCCCCCCCN(CC(O)CO)C(C)O. The Bertz CT molecular complexity index is 287. The fourth-order valence-electron chi connectivity index (χ4n) is 3.62. The molecule has 0 aliphatic heterocycles. The second kappa shape index (κ2) is 20.6. The van der Waals surface area contributed by atoms with Crippen LogP contribution in [0, 0.1) is 0 Å². The monoisotopic (exact) mass is 387 g/mol. The van der Waals surface area contributed by atoms with Crippen molar-refractivity contribution < 1.29 is 15.3 Å². The molecule has 0 fully saturated rings. The summed E-state index contributed by atoms with van der Waals surface area (Å²) >= 11 is 0. The van der Waals surface area contributed by atoms with Crippen LogP contribution in [0.15, 0.2) is 0 Å². The van der Waals surface area contributed by atoms with Crippen LogP contribution < -0.4 is 0 Å². The summed E-state index contributed by atoms with van der Waals surface area (Å²) in [5.74, 6) is 0. The van der Waals surface area contributed by atoms with Crippen molar-refractivity contribution in [2.75, 3.05) is 19.7 Å². The smallest absolute Gasteiger partial charge is 0.104 e. The van der Waals surface area contributed by atoms with E-state index in [4.69, 9.17) is 5.11 Å². The zero-order valence-corrected chi connectivity index (χ0v) is 18.4. The number of aliphatic hydroxyl groups is 3. The molecule has 0 heterocycles. The van der Waals surface area contributed by atoms with E-state index in [0.717, 1.165) is 13.0 Å². The third-order valence-corrected chi connectivity index (χ3v) is 5.48. The summed E-state index contributed by atoms with van der Waals surface area (Å²) in [6, 6.07) is 0. The molecule has 0 amide bonds. The molecule has 0 aliphatic rings. The van der Waals surface area contributed by atoms with Crippen molar-refractivity contribution >= 4 is 0 Å². The number of unbranched alkanes of at least 4 members (excludes halogenated alkanes) is 15. The molecule has 0 rings (SSSR count). The van der Waals surface area contributed by atoms with Gasteiger partial charge in [0.2, 0.25) is 0 Å². The lowest BCUT2D eigenvalue weighted by atomic mass is 10.0. The molecule has 0 bridgehead atoms. The normalized spacial score (nSPS) is 14.0. The molecule has 0 aliphatic carbocycles. The van der Waals surface area contributed by atoms with Gasteiger partial charge in [-0.15, -0.1) is 0 Å². The average molecular weight is 388 g/mol. The second-order valence-corrected chi connectivity index (χ2v) is 8.27. The molecule has 0 aromatic rings. The first-order chi connectivity index (χ1) is 13.1. The molecule has 4 heteroatoms. The minimum Gasteiger partial charge on any atom is -0.394 e. The van der Waals surface area contributed by atoms with E-state index < -0.39 is 12.3 Å². The van der Waals surface area contributed by atoms with Gasteiger partial charge in [-0.1, -0.05) is 103 Å². The van der Waals surface area contributed by atoms with E-state index in [0.29, 0.717) is 6.54 Å². The number of rotatable bonds is 21. The molecule has 0 saturated carbocycles. The van der Waals surface area contributed by atoms with E-state index in [9.17, 15) is 10.2 Å². The predicted molar refractivity (Wildman–Crippen MR) is 116 cm³/mol. The fraction of sp³-hybridized carbons (Fsp3) is 1.00. The highest BCUT2D eigenvalue weighted by atomic mass is 16.3. The van der Waals surface area contributed by atoms with Crippen molar-refractivity contribution in [2.45, 2.75) is 129 Å². The van der Waals surface area contributed by atoms with Gasteiger partial charge in [-0.2, -0.15) is 0 Å². The van der Waals surface area contributed by atoms with Gasteiger partial charge in [-0.3, -0.25) is 4.90 Å². The summed E-state index contributed by atoms with van der Waals surface area (Å²) in [5, 5.41) is 28.1. The first-order valence-corrected chi connectivity index (χ1v) is 11.8. The minimum absolute atomic E-state index is 0.248. The lowest BCUT2D eigenvalue weighted by Crippen LogP contribution is -2.40. The molecule has 0 aromatic carbocycles. The van der Waals surface area contributed by atoms with Crippen LogP contribution in [0.4, 0.5) is 0 Å². The highest BCUT2D eigenvalue weighted by Gasteiger charge is 2.14. The average Bonchev–Trinajstić information content (AvgIpc) is 2.66. The van der Waals surface area contributed by atoms with E-state index in [1.54, 1.807) is 6.92 Å². The zero-order chi connectivity index (χ0) is 20.2. The maximum atomic E-state index is 9.72. The van der Waals surface area contributed by atoms with Gasteiger partial charge in [0.25, 0.3) is 0 Å². The highest BCUT2D eigenvalue weighted by molar-refractivity contribution is 4.65. The summed E-state index contributed by atoms with van der Waals surface area (Å²) < 4.78 is 0. The molecule has 2 unspecified atom stereocenters. The molecule has 2 atom stereocenters. The van der Waals surface area contributed by atoms with E-state index >= 15 is 0 Å². The van der Waals surface area contributed by atoms with Gasteiger partial charge in [0, 0.05) is 13.1 Å². The maximum Gasteiger partial charge on any atom is 0.104 e. The summed E-state index contributed by atoms with van der Waals surface area (Å²) in [6.45, 7) is 4.87. The van der Waals surface area contributed by atoms with Crippen molar-refractivity contribution in [1.82, 2.24) is 4.90 Å². The Morgan fingerprint density at radius 3 is 1.33 bits per heavy atom. The molecule has 0 aromatic heterocycles. The van der Waals surface area contributed by atoms with Gasteiger partial charge in [0.15, 0.2) is 0 Å². The Kier molecular flexibility index (Phi) is 20.4. The van der Waals surface area contributed by atoms with Gasteiger partial charge in [0.05, 0.1) is 12.7 Å². The van der Waals surface area contributed by atoms with Crippen molar-refractivity contribution in [2.24, 2.45) is 0 Å². The molecule has 4 nitrogen and oxygen atoms in total. The Morgan fingerprint density at radius 2 is 1.00 bits per heavy atom. The maximum absolute atomic E-state index is 9.72. The highest BCUT2D eigenvalue weighted by Crippen LogP contribution is 2.14. The van der Waals surface area contributed by atoms with Gasteiger partial charge in [-0.25, -0.2) is 0 Å². The second-order valence-electron chi connectivity index (χ2n) is 8.27. The molecule has 3 N–H and O–H groups in total. The van der Waals surface area contributed by atoms with Crippen molar-refractivity contribution in [3.63, 3.8) is 0 Å². The fourth-order valence-corrected chi connectivity index (χ4v) is 3.62. The molecule has 0 saturated heterocycles. The minimum atomic E-state index is -0.763. The molecule has 27 heavy (non-hydrogen) atoms. The number of nitrogens with zero attached hydrogens (tertiary/aromatic N) is 1. The van der Waals surface area contributed by atoms with E-state index in [-0.39, 0.29) is 6.61 Å². The van der Waals surface area contributed by atoms with Crippen LogP contribution in [0.2, 0.25) is 0 Å². The topological polar surface area (TPSA) is 63.9 Å². The van der Waals surface area contributed by atoms with Crippen LogP contribution in [0.5, 0.6) is 0 Å². The summed E-state index contributed by atoms with van der Waals surface area (Å²) in [6.07, 6.45) is 20.3. The third-order valence-electron chi connectivity index (χ3n) is 5.48. The van der Waals surface area contributed by atoms with Crippen molar-refractivity contribution in [3.05, 3.63) is 0 Å².